The molecule has 0 unspecified atom stereocenters. The second-order valence-electron chi connectivity index (χ2n) is 8.89. The third kappa shape index (κ3) is 5.88. The highest BCUT2D eigenvalue weighted by Crippen LogP contribution is 2.40. The smallest absolute Gasteiger partial charge is 0.000525 e. The second kappa shape index (κ2) is 10.5. The SMILES string of the molecule is CCCc1ccc(C2CCC(CC[C@H]3CC[C@H](/C=C/Cl)CC3)CC2)cc1. The van der Waals surface area contributed by atoms with Crippen LogP contribution >= 0.6 is 11.6 Å². The lowest BCUT2D eigenvalue weighted by Crippen LogP contribution is -2.17. The topological polar surface area (TPSA) is 0 Å². The Morgan fingerprint density at radius 3 is 1.96 bits per heavy atom. The summed E-state index contributed by atoms with van der Waals surface area (Å²) in [6.45, 7) is 2.26. The molecule has 0 N–H and O–H groups in total. The van der Waals surface area contributed by atoms with E-state index in [1.807, 2.05) is 0 Å². The van der Waals surface area contributed by atoms with E-state index in [1.54, 1.807) is 11.1 Å². The molecular weight excluding hydrogens is 336 g/mol. The van der Waals surface area contributed by atoms with Crippen molar-refractivity contribution in [2.24, 2.45) is 17.8 Å². The van der Waals surface area contributed by atoms with Crippen LogP contribution in [0.1, 0.15) is 94.6 Å². The van der Waals surface area contributed by atoms with Crippen molar-refractivity contribution < 1.29 is 0 Å². The molecule has 0 saturated heterocycles. The molecule has 1 heteroatoms. The Kier molecular flexibility index (Phi) is 8.11. The molecule has 26 heavy (non-hydrogen) atoms. The predicted molar refractivity (Wildman–Crippen MR) is 115 cm³/mol. The van der Waals surface area contributed by atoms with Crippen LogP contribution in [0.2, 0.25) is 0 Å². The van der Waals surface area contributed by atoms with E-state index in [0.29, 0.717) is 0 Å². The molecule has 0 spiro atoms. The molecule has 0 amide bonds. The number of rotatable bonds is 7. The van der Waals surface area contributed by atoms with Crippen molar-refractivity contribution in [1.29, 1.82) is 0 Å². The fraction of sp³-hybridized carbons (Fsp3) is 0.680. The molecule has 0 radical (unpaired) electrons. The molecule has 2 fully saturated rings. The molecule has 144 valence electrons. The molecule has 1 aromatic carbocycles. The lowest BCUT2D eigenvalue weighted by molar-refractivity contribution is 0.246. The van der Waals surface area contributed by atoms with Crippen LogP contribution in [0.5, 0.6) is 0 Å². The summed E-state index contributed by atoms with van der Waals surface area (Å²) in [5.41, 5.74) is 4.82. The summed E-state index contributed by atoms with van der Waals surface area (Å²) in [6.07, 6.45) is 18.9. The highest BCUT2D eigenvalue weighted by Gasteiger charge is 2.24. The summed E-state index contributed by atoms with van der Waals surface area (Å²) in [5.74, 6) is 3.55. The maximum Gasteiger partial charge on any atom is 0.000525 e. The van der Waals surface area contributed by atoms with Gasteiger partial charge in [0.15, 0.2) is 0 Å². The van der Waals surface area contributed by atoms with Gasteiger partial charge < -0.3 is 0 Å². The summed E-state index contributed by atoms with van der Waals surface area (Å²) < 4.78 is 0. The standard InChI is InChI=1S/C25H37Cl/c1-2-3-20-10-14-24(15-11-20)25-16-12-22(13-17-25)5-4-21-6-8-23(9-7-21)18-19-26/h10-11,14-15,18-19,21-23,25H,2-9,12-13,16-17H2,1H3/b19-18+/t21-,22?,23-,25?. The molecule has 0 bridgehead atoms. The van der Waals surface area contributed by atoms with Gasteiger partial charge in [-0.25, -0.2) is 0 Å². The molecule has 2 aliphatic carbocycles. The molecule has 0 heterocycles. The Morgan fingerprint density at radius 1 is 0.846 bits per heavy atom. The molecule has 0 aromatic heterocycles. The summed E-state index contributed by atoms with van der Waals surface area (Å²) in [4.78, 5) is 0. The molecule has 3 rings (SSSR count). The Balaban J connectivity index is 1.36. The summed E-state index contributed by atoms with van der Waals surface area (Å²) in [7, 11) is 0. The molecule has 0 atom stereocenters. The van der Waals surface area contributed by atoms with Gasteiger partial charge in [0.25, 0.3) is 0 Å². The summed E-state index contributed by atoms with van der Waals surface area (Å²) in [5, 5.41) is 0. The fourth-order valence-electron chi connectivity index (χ4n) is 5.27. The Hall–Kier alpha value is -0.750. The zero-order valence-corrected chi connectivity index (χ0v) is 17.4. The molecule has 2 saturated carbocycles. The highest BCUT2D eigenvalue weighted by atomic mass is 35.5. The van der Waals surface area contributed by atoms with Gasteiger partial charge in [-0.15, -0.1) is 0 Å². The van der Waals surface area contributed by atoms with E-state index in [9.17, 15) is 0 Å². The van der Waals surface area contributed by atoms with E-state index in [1.165, 1.54) is 82.6 Å². The number of hydrogen-bond acceptors (Lipinski definition) is 0. The van der Waals surface area contributed by atoms with Crippen LogP contribution in [0.3, 0.4) is 0 Å². The van der Waals surface area contributed by atoms with Crippen molar-refractivity contribution in [2.45, 2.75) is 89.9 Å². The Labute approximate surface area is 166 Å². The van der Waals surface area contributed by atoms with Gasteiger partial charge in [-0.1, -0.05) is 68.1 Å². The van der Waals surface area contributed by atoms with Gasteiger partial charge in [-0.05, 0) is 92.6 Å². The maximum atomic E-state index is 5.73. The largest absolute Gasteiger partial charge is 0.0933 e. The fourth-order valence-corrected chi connectivity index (χ4v) is 5.48. The quantitative estimate of drug-likeness (QED) is 0.451. The van der Waals surface area contributed by atoms with E-state index in [2.05, 4.69) is 37.3 Å². The summed E-state index contributed by atoms with van der Waals surface area (Å²) in [6, 6.07) is 9.54. The zero-order chi connectivity index (χ0) is 18.2. The third-order valence-corrected chi connectivity index (χ3v) is 7.20. The van der Waals surface area contributed by atoms with E-state index < -0.39 is 0 Å². The van der Waals surface area contributed by atoms with E-state index >= 15 is 0 Å². The van der Waals surface area contributed by atoms with Crippen molar-refractivity contribution in [3.05, 3.63) is 47.0 Å². The van der Waals surface area contributed by atoms with Gasteiger partial charge in [0.05, 0.1) is 0 Å². The molecule has 2 aliphatic rings. The first-order chi connectivity index (χ1) is 12.8. The lowest BCUT2D eigenvalue weighted by atomic mass is 9.74. The Morgan fingerprint density at radius 2 is 1.42 bits per heavy atom. The number of allylic oxidation sites excluding steroid dienone is 1. The number of benzene rings is 1. The number of aryl methyl sites for hydroxylation is 1. The van der Waals surface area contributed by atoms with E-state index in [-0.39, 0.29) is 0 Å². The first-order valence-electron chi connectivity index (χ1n) is 11.1. The number of halogens is 1. The zero-order valence-electron chi connectivity index (χ0n) is 16.6. The van der Waals surface area contributed by atoms with E-state index in [0.717, 1.165) is 23.7 Å². The summed E-state index contributed by atoms with van der Waals surface area (Å²) >= 11 is 5.73. The van der Waals surface area contributed by atoms with Crippen molar-refractivity contribution in [1.82, 2.24) is 0 Å². The van der Waals surface area contributed by atoms with Crippen LogP contribution in [0, 0.1) is 17.8 Å². The first-order valence-corrected chi connectivity index (χ1v) is 11.6. The average molecular weight is 373 g/mol. The van der Waals surface area contributed by atoms with Gasteiger partial charge in [-0.2, -0.15) is 0 Å². The van der Waals surface area contributed by atoms with Gasteiger partial charge in [-0.3, -0.25) is 0 Å². The predicted octanol–water partition coefficient (Wildman–Crippen LogP) is 8.25. The van der Waals surface area contributed by atoms with Crippen molar-refractivity contribution in [3.8, 4) is 0 Å². The van der Waals surface area contributed by atoms with Gasteiger partial charge in [0.1, 0.15) is 0 Å². The van der Waals surface area contributed by atoms with Gasteiger partial charge in [0.2, 0.25) is 0 Å². The van der Waals surface area contributed by atoms with Crippen molar-refractivity contribution in [2.75, 3.05) is 0 Å². The van der Waals surface area contributed by atoms with Crippen LogP contribution in [-0.4, -0.2) is 0 Å². The highest BCUT2D eigenvalue weighted by molar-refractivity contribution is 6.25. The maximum absolute atomic E-state index is 5.73. The molecule has 0 aliphatic heterocycles. The Bertz CT molecular complexity index is 528. The minimum Gasteiger partial charge on any atom is -0.0933 e. The van der Waals surface area contributed by atoms with Crippen LogP contribution in [-0.2, 0) is 6.42 Å². The minimum atomic E-state index is 0.753. The van der Waals surface area contributed by atoms with Crippen molar-refractivity contribution >= 4 is 11.6 Å². The second-order valence-corrected chi connectivity index (χ2v) is 9.14. The average Bonchev–Trinajstić information content (AvgIpc) is 2.69. The van der Waals surface area contributed by atoms with Crippen LogP contribution < -0.4 is 0 Å². The lowest BCUT2D eigenvalue weighted by Gasteiger charge is -2.31. The van der Waals surface area contributed by atoms with Crippen LogP contribution in [0.15, 0.2) is 35.9 Å². The molecule has 0 nitrogen and oxygen atoms in total. The van der Waals surface area contributed by atoms with Crippen molar-refractivity contribution in [3.63, 3.8) is 0 Å². The monoisotopic (exact) mass is 372 g/mol. The van der Waals surface area contributed by atoms with E-state index in [4.69, 9.17) is 11.6 Å². The van der Waals surface area contributed by atoms with Gasteiger partial charge >= 0.3 is 0 Å². The third-order valence-electron chi connectivity index (χ3n) is 7.06. The van der Waals surface area contributed by atoms with Gasteiger partial charge in [0, 0.05) is 5.54 Å². The first kappa shape index (κ1) is 20.0. The minimum absolute atomic E-state index is 0.753. The van der Waals surface area contributed by atoms with Crippen LogP contribution in [0.25, 0.3) is 0 Å². The molecule has 1 aromatic rings. The van der Waals surface area contributed by atoms with Crippen LogP contribution in [0.4, 0.5) is 0 Å². The number of hydrogen-bond donors (Lipinski definition) is 0. The normalized spacial score (nSPS) is 29.9. The molecular formula is C25H37Cl.